The Morgan fingerprint density at radius 3 is 2.90 bits per heavy atom. The zero-order valence-corrected chi connectivity index (χ0v) is 17.8. The van der Waals surface area contributed by atoms with Gasteiger partial charge in [0, 0.05) is 58.2 Å². The zero-order chi connectivity index (χ0) is 20.5. The molecule has 0 aromatic heterocycles. The number of rotatable bonds is 7. The molecule has 0 spiro atoms. The minimum Gasteiger partial charge on any atom is -0.381 e. The number of halogens is 1. The van der Waals surface area contributed by atoms with Gasteiger partial charge in [0.05, 0.1) is 6.10 Å². The Morgan fingerprint density at radius 2 is 2.14 bits per heavy atom. The lowest BCUT2D eigenvalue weighted by Crippen LogP contribution is -2.51. The molecule has 3 rings (SSSR count). The SMILES string of the molecule is CN=C(NCCCOC1CCOCC1)NC1CCCN(c2ccc(F)cc2C)C1. The first-order valence-corrected chi connectivity index (χ1v) is 10.8. The minimum absolute atomic E-state index is 0.177. The van der Waals surface area contributed by atoms with Crippen LogP contribution >= 0.6 is 0 Å². The number of hydrogen-bond donors (Lipinski definition) is 2. The van der Waals surface area contributed by atoms with Crippen LogP contribution < -0.4 is 15.5 Å². The molecule has 0 amide bonds. The summed E-state index contributed by atoms with van der Waals surface area (Å²) >= 11 is 0. The summed E-state index contributed by atoms with van der Waals surface area (Å²) in [6, 6.07) is 5.36. The Hall–Kier alpha value is -1.86. The van der Waals surface area contributed by atoms with Crippen molar-refractivity contribution in [3.63, 3.8) is 0 Å². The molecule has 2 heterocycles. The molecule has 1 unspecified atom stereocenters. The van der Waals surface area contributed by atoms with Gasteiger partial charge in [-0.25, -0.2) is 4.39 Å². The molecule has 0 aliphatic carbocycles. The van der Waals surface area contributed by atoms with E-state index >= 15 is 0 Å². The fourth-order valence-corrected chi connectivity index (χ4v) is 4.05. The predicted octanol–water partition coefficient (Wildman–Crippen LogP) is 2.85. The van der Waals surface area contributed by atoms with Crippen LogP contribution in [-0.4, -0.2) is 64.6 Å². The number of nitrogens with zero attached hydrogens (tertiary/aromatic N) is 2. The number of aryl methyl sites for hydroxylation is 1. The smallest absolute Gasteiger partial charge is 0.191 e. The van der Waals surface area contributed by atoms with Gasteiger partial charge in [0.15, 0.2) is 5.96 Å². The third kappa shape index (κ3) is 6.85. The lowest BCUT2D eigenvalue weighted by Gasteiger charge is -2.36. The molecule has 162 valence electrons. The van der Waals surface area contributed by atoms with E-state index in [1.807, 2.05) is 13.0 Å². The van der Waals surface area contributed by atoms with Crippen molar-refractivity contribution in [3.05, 3.63) is 29.6 Å². The molecule has 2 aliphatic rings. The highest BCUT2D eigenvalue weighted by atomic mass is 19.1. The first-order chi connectivity index (χ1) is 14.2. The van der Waals surface area contributed by atoms with E-state index in [0.717, 1.165) is 88.8 Å². The topological polar surface area (TPSA) is 58.1 Å². The molecule has 0 saturated carbocycles. The van der Waals surface area contributed by atoms with E-state index in [-0.39, 0.29) is 5.82 Å². The van der Waals surface area contributed by atoms with Crippen LogP contribution in [0.2, 0.25) is 0 Å². The third-order valence-electron chi connectivity index (χ3n) is 5.62. The summed E-state index contributed by atoms with van der Waals surface area (Å²) in [5.74, 6) is 0.655. The maximum absolute atomic E-state index is 13.4. The molecule has 6 nitrogen and oxygen atoms in total. The molecule has 0 bridgehead atoms. The zero-order valence-electron chi connectivity index (χ0n) is 17.8. The van der Waals surface area contributed by atoms with Crippen molar-refractivity contribution in [2.75, 3.05) is 51.4 Å². The Balaban J connectivity index is 1.39. The van der Waals surface area contributed by atoms with Gasteiger partial charge in [-0.3, -0.25) is 4.99 Å². The average molecular weight is 407 g/mol. The van der Waals surface area contributed by atoms with E-state index in [2.05, 4.69) is 20.5 Å². The third-order valence-corrected chi connectivity index (χ3v) is 5.62. The molecule has 2 N–H and O–H groups in total. The monoisotopic (exact) mass is 406 g/mol. The Bertz CT molecular complexity index is 664. The summed E-state index contributed by atoms with van der Waals surface area (Å²) in [4.78, 5) is 6.70. The summed E-state index contributed by atoms with van der Waals surface area (Å²) in [5, 5.41) is 6.94. The second kappa shape index (κ2) is 11.4. The highest BCUT2D eigenvalue weighted by molar-refractivity contribution is 5.80. The van der Waals surface area contributed by atoms with Crippen LogP contribution in [0.1, 0.15) is 37.7 Å². The molecule has 1 aromatic carbocycles. The fraction of sp³-hybridized carbons (Fsp3) is 0.682. The van der Waals surface area contributed by atoms with Crippen molar-refractivity contribution in [1.29, 1.82) is 0 Å². The van der Waals surface area contributed by atoms with E-state index in [4.69, 9.17) is 9.47 Å². The molecule has 1 atom stereocenters. The second-order valence-corrected chi connectivity index (χ2v) is 7.90. The lowest BCUT2D eigenvalue weighted by atomic mass is 10.0. The lowest BCUT2D eigenvalue weighted by molar-refractivity contribution is -0.0320. The van der Waals surface area contributed by atoms with Crippen molar-refractivity contribution in [3.8, 4) is 0 Å². The van der Waals surface area contributed by atoms with Crippen LogP contribution in [0.15, 0.2) is 23.2 Å². The molecule has 2 fully saturated rings. The van der Waals surface area contributed by atoms with Gasteiger partial charge < -0.3 is 25.0 Å². The number of hydrogen-bond acceptors (Lipinski definition) is 4. The van der Waals surface area contributed by atoms with E-state index in [1.54, 1.807) is 19.2 Å². The highest BCUT2D eigenvalue weighted by Gasteiger charge is 2.22. The Kier molecular flexibility index (Phi) is 8.55. The van der Waals surface area contributed by atoms with Gasteiger partial charge >= 0.3 is 0 Å². The molecule has 29 heavy (non-hydrogen) atoms. The number of guanidine groups is 1. The van der Waals surface area contributed by atoms with Crippen molar-refractivity contribution in [1.82, 2.24) is 10.6 Å². The van der Waals surface area contributed by atoms with Crippen molar-refractivity contribution in [2.45, 2.75) is 51.2 Å². The number of aliphatic imine (C=N–C) groups is 1. The van der Waals surface area contributed by atoms with Crippen LogP contribution in [-0.2, 0) is 9.47 Å². The van der Waals surface area contributed by atoms with E-state index < -0.39 is 0 Å². The van der Waals surface area contributed by atoms with Gasteiger partial charge in [-0.2, -0.15) is 0 Å². The largest absolute Gasteiger partial charge is 0.381 e. The van der Waals surface area contributed by atoms with Crippen LogP contribution in [0.3, 0.4) is 0 Å². The molecule has 7 heteroatoms. The number of piperidine rings is 1. The minimum atomic E-state index is -0.177. The second-order valence-electron chi connectivity index (χ2n) is 7.90. The number of nitrogens with one attached hydrogen (secondary N) is 2. The first-order valence-electron chi connectivity index (χ1n) is 10.8. The van der Waals surface area contributed by atoms with Gasteiger partial charge in [-0.1, -0.05) is 0 Å². The van der Waals surface area contributed by atoms with E-state index in [0.29, 0.717) is 12.1 Å². The Labute approximate surface area is 173 Å². The maximum atomic E-state index is 13.4. The van der Waals surface area contributed by atoms with Gasteiger partial charge in [-0.15, -0.1) is 0 Å². The standard InChI is InChI=1S/C22H35FN4O2/c1-17-15-18(23)6-7-21(17)27-11-3-5-19(16-27)26-22(24-2)25-10-4-12-29-20-8-13-28-14-9-20/h6-7,15,19-20H,3-5,8-14,16H2,1-2H3,(H2,24,25,26). The fourth-order valence-electron chi connectivity index (χ4n) is 4.05. The molecular weight excluding hydrogens is 371 g/mol. The summed E-state index contributed by atoms with van der Waals surface area (Å²) in [6.07, 6.45) is 5.51. The van der Waals surface area contributed by atoms with Crippen molar-refractivity contribution in [2.24, 2.45) is 4.99 Å². The van der Waals surface area contributed by atoms with Gasteiger partial charge in [0.2, 0.25) is 0 Å². The van der Waals surface area contributed by atoms with Crippen molar-refractivity contribution < 1.29 is 13.9 Å². The van der Waals surface area contributed by atoms with Crippen LogP contribution in [0.5, 0.6) is 0 Å². The average Bonchev–Trinajstić information content (AvgIpc) is 2.73. The summed E-state index contributed by atoms with van der Waals surface area (Å²) < 4.78 is 24.7. The predicted molar refractivity (Wildman–Crippen MR) is 115 cm³/mol. The van der Waals surface area contributed by atoms with Gasteiger partial charge in [-0.05, 0) is 62.8 Å². The normalized spacial score (nSPS) is 21.3. The maximum Gasteiger partial charge on any atom is 0.191 e. The summed E-state index contributed by atoms with van der Waals surface area (Å²) in [6.45, 7) is 7.08. The Morgan fingerprint density at radius 1 is 1.31 bits per heavy atom. The highest BCUT2D eigenvalue weighted by Crippen LogP contribution is 2.24. The molecule has 2 saturated heterocycles. The number of ether oxygens (including phenoxy) is 2. The van der Waals surface area contributed by atoms with E-state index in [1.165, 1.54) is 0 Å². The van der Waals surface area contributed by atoms with Crippen molar-refractivity contribution >= 4 is 11.6 Å². The summed E-state index contributed by atoms with van der Waals surface area (Å²) in [5.41, 5.74) is 2.10. The number of benzene rings is 1. The number of anilines is 1. The van der Waals surface area contributed by atoms with Gasteiger partial charge in [0.1, 0.15) is 5.82 Å². The molecular formula is C22H35FN4O2. The van der Waals surface area contributed by atoms with Crippen LogP contribution in [0.4, 0.5) is 10.1 Å². The summed E-state index contributed by atoms with van der Waals surface area (Å²) in [7, 11) is 1.80. The quantitative estimate of drug-likeness (QED) is 0.414. The molecule has 0 radical (unpaired) electrons. The van der Waals surface area contributed by atoms with Gasteiger partial charge in [0.25, 0.3) is 0 Å². The van der Waals surface area contributed by atoms with E-state index in [9.17, 15) is 4.39 Å². The molecule has 1 aromatic rings. The van der Waals surface area contributed by atoms with Crippen LogP contribution in [0, 0.1) is 12.7 Å². The van der Waals surface area contributed by atoms with Crippen LogP contribution in [0.25, 0.3) is 0 Å². The molecule has 2 aliphatic heterocycles. The first kappa shape index (κ1) is 21.8.